The molecule has 3 heterocycles. The van der Waals surface area contributed by atoms with Crippen molar-refractivity contribution in [3.05, 3.63) is 76.7 Å². The van der Waals surface area contributed by atoms with Gasteiger partial charge >= 0.3 is 0 Å². The molecule has 4 aromatic rings. The number of aromatic amines is 2. The average Bonchev–Trinajstić information content (AvgIpc) is 3.43. The number of hydrogen-bond donors (Lipinski definition) is 4. The Morgan fingerprint density at radius 1 is 1.08 bits per heavy atom. The zero-order valence-corrected chi connectivity index (χ0v) is 21.7. The molecule has 4 N–H and O–H groups in total. The van der Waals surface area contributed by atoms with Crippen molar-refractivity contribution >= 4 is 26.9 Å². The lowest BCUT2D eigenvalue weighted by molar-refractivity contribution is -0.0211. The van der Waals surface area contributed by atoms with Gasteiger partial charge in [-0.2, -0.15) is 13.5 Å². The minimum atomic E-state index is -3.67. The molecule has 9 nitrogen and oxygen atoms in total. The van der Waals surface area contributed by atoms with Gasteiger partial charge in [0.15, 0.2) is 0 Å². The van der Waals surface area contributed by atoms with Crippen LogP contribution < -0.4 is 0 Å². The van der Waals surface area contributed by atoms with Gasteiger partial charge in [0.2, 0.25) is 0 Å². The molecule has 1 fully saturated rings. The number of H-pyrrole nitrogens is 2. The number of aryl methyl sites for hydroxylation is 2. The number of amides is 1. The van der Waals surface area contributed by atoms with Crippen LogP contribution in [-0.4, -0.2) is 63.4 Å². The van der Waals surface area contributed by atoms with Crippen molar-refractivity contribution in [2.75, 3.05) is 19.3 Å². The van der Waals surface area contributed by atoms with Crippen molar-refractivity contribution in [2.45, 2.75) is 37.7 Å². The molecule has 1 saturated heterocycles. The van der Waals surface area contributed by atoms with Crippen LogP contribution in [0, 0.1) is 5.82 Å². The van der Waals surface area contributed by atoms with E-state index < -0.39 is 15.7 Å². The molecule has 0 bridgehead atoms. The first kappa shape index (κ1) is 26.1. The summed E-state index contributed by atoms with van der Waals surface area (Å²) in [6.07, 6.45) is 6.44. The Hall–Kier alpha value is -3.54. The highest BCUT2D eigenvalue weighted by atomic mass is 32.2. The van der Waals surface area contributed by atoms with Gasteiger partial charge in [-0.25, -0.2) is 4.39 Å². The number of fused-ring (bicyclic) bond motifs is 5. The lowest BCUT2D eigenvalue weighted by atomic mass is 9.84. The van der Waals surface area contributed by atoms with Crippen molar-refractivity contribution < 1.29 is 27.3 Å². The van der Waals surface area contributed by atoms with Gasteiger partial charge in [-0.05, 0) is 79.1 Å². The number of likely N-dealkylation sites (tertiary alicyclic amines) is 1. The minimum Gasteiger partial charge on any atom is -0.385 e. The van der Waals surface area contributed by atoms with E-state index in [1.807, 2.05) is 24.4 Å². The molecule has 2 aliphatic rings. The van der Waals surface area contributed by atoms with Gasteiger partial charge in [-0.1, -0.05) is 12.1 Å². The van der Waals surface area contributed by atoms with Crippen LogP contribution in [0.4, 0.5) is 4.39 Å². The molecule has 1 aliphatic heterocycles. The SMILES string of the molecule is CS(=O)(=O)O.O=C(c1ccc2[nH]c3c(c2c1)CCCc1cn[nH]c1-3)N1CCC(O)(c2ccc(F)cc2)CC1. The quantitative estimate of drug-likeness (QED) is 0.285. The summed E-state index contributed by atoms with van der Waals surface area (Å²) >= 11 is 0. The number of carbonyl (C=O) groups excluding carboxylic acids is 1. The Kier molecular flexibility index (Phi) is 6.84. The second-order valence-electron chi connectivity index (χ2n) is 9.93. The number of nitrogens with zero attached hydrogens (tertiary/aromatic N) is 2. The topological polar surface area (TPSA) is 139 Å². The van der Waals surface area contributed by atoms with Gasteiger partial charge < -0.3 is 15.0 Å². The van der Waals surface area contributed by atoms with E-state index in [0.29, 0.717) is 43.3 Å². The molecule has 1 amide bonds. The minimum absolute atomic E-state index is 0.0242. The van der Waals surface area contributed by atoms with Crippen LogP contribution in [0.5, 0.6) is 0 Å². The molecule has 1 aliphatic carbocycles. The largest absolute Gasteiger partial charge is 0.385 e. The summed E-state index contributed by atoms with van der Waals surface area (Å²) in [5.74, 6) is -0.347. The lowest BCUT2D eigenvalue weighted by Gasteiger charge is -2.38. The van der Waals surface area contributed by atoms with Crippen LogP contribution in [0.3, 0.4) is 0 Å². The summed E-state index contributed by atoms with van der Waals surface area (Å²) < 4.78 is 39.1. The summed E-state index contributed by atoms with van der Waals surface area (Å²) in [5, 5.41) is 19.5. The third-order valence-corrected chi connectivity index (χ3v) is 7.25. The van der Waals surface area contributed by atoms with Crippen molar-refractivity contribution in [3.63, 3.8) is 0 Å². The maximum atomic E-state index is 13.3. The number of benzene rings is 2. The van der Waals surface area contributed by atoms with Gasteiger partial charge in [-0.15, -0.1) is 0 Å². The Balaban J connectivity index is 0.000000540. The Morgan fingerprint density at radius 2 is 1.76 bits per heavy atom. The number of nitrogens with one attached hydrogen (secondary N) is 2. The molecule has 38 heavy (non-hydrogen) atoms. The first-order valence-corrected chi connectivity index (χ1v) is 14.2. The van der Waals surface area contributed by atoms with Crippen molar-refractivity contribution in [1.82, 2.24) is 20.1 Å². The second-order valence-corrected chi connectivity index (χ2v) is 11.4. The summed E-state index contributed by atoms with van der Waals surface area (Å²) in [7, 11) is -3.67. The molecule has 0 radical (unpaired) electrons. The fraction of sp³-hybridized carbons (Fsp3) is 0.333. The number of aliphatic hydroxyl groups is 1. The first-order valence-electron chi connectivity index (χ1n) is 12.4. The lowest BCUT2D eigenvalue weighted by Crippen LogP contribution is -2.45. The van der Waals surface area contributed by atoms with Crippen LogP contribution in [0.1, 0.15) is 46.3 Å². The van der Waals surface area contributed by atoms with Crippen molar-refractivity contribution in [2.24, 2.45) is 0 Å². The van der Waals surface area contributed by atoms with E-state index >= 15 is 0 Å². The summed E-state index contributed by atoms with van der Waals surface area (Å²) in [6, 6.07) is 11.8. The summed E-state index contributed by atoms with van der Waals surface area (Å²) in [4.78, 5) is 18.6. The van der Waals surface area contributed by atoms with E-state index in [4.69, 9.17) is 4.55 Å². The van der Waals surface area contributed by atoms with Crippen LogP contribution in [-0.2, 0) is 28.6 Å². The Morgan fingerprint density at radius 3 is 2.45 bits per heavy atom. The number of carbonyl (C=O) groups is 1. The van der Waals surface area contributed by atoms with Crippen LogP contribution in [0.25, 0.3) is 22.3 Å². The van der Waals surface area contributed by atoms with Gasteiger partial charge in [-0.3, -0.25) is 14.4 Å². The molecule has 2 aromatic heterocycles. The molecular weight excluding hydrogens is 511 g/mol. The molecule has 0 unspecified atom stereocenters. The number of aromatic nitrogens is 3. The first-order chi connectivity index (χ1) is 18.0. The molecule has 11 heteroatoms. The number of hydrogen-bond acceptors (Lipinski definition) is 5. The van der Waals surface area contributed by atoms with Crippen molar-refractivity contribution in [3.8, 4) is 11.4 Å². The van der Waals surface area contributed by atoms with Gasteiger partial charge in [0.1, 0.15) is 5.82 Å². The fourth-order valence-electron chi connectivity index (χ4n) is 5.34. The monoisotopic (exact) mass is 540 g/mol. The summed E-state index contributed by atoms with van der Waals surface area (Å²) in [6.45, 7) is 0.904. The van der Waals surface area contributed by atoms with Crippen molar-refractivity contribution in [1.29, 1.82) is 0 Å². The molecule has 200 valence electrons. The average molecular weight is 541 g/mol. The second kappa shape index (κ2) is 9.97. The van der Waals surface area contributed by atoms with E-state index in [9.17, 15) is 22.7 Å². The maximum Gasteiger partial charge on any atom is 0.261 e. The Labute approximate surface area is 219 Å². The number of rotatable bonds is 2. The molecule has 6 rings (SSSR count). The number of halogens is 1. The van der Waals surface area contributed by atoms with E-state index in [0.717, 1.165) is 41.6 Å². The predicted molar refractivity (Wildman–Crippen MR) is 141 cm³/mol. The fourth-order valence-corrected chi connectivity index (χ4v) is 5.34. The summed E-state index contributed by atoms with van der Waals surface area (Å²) in [5.41, 5.74) is 5.91. The van der Waals surface area contributed by atoms with Gasteiger partial charge in [0.05, 0.1) is 29.4 Å². The van der Waals surface area contributed by atoms with Crippen LogP contribution in [0.2, 0.25) is 0 Å². The van der Waals surface area contributed by atoms with Crippen LogP contribution >= 0.6 is 0 Å². The normalized spacial score (nSPS) is 16.7. The van der Waals surface area contributed by atoms with E-state index in [1.165, 1.54) is 23.3 Å². The molecular formula is C27H29FN4O5S. The third kappa shape index (κ3) is 5.35. The van der Waals surface area contributed by atoms with Crippen LogP contribution in [0.15, 0.2) is 48.7 Å². The third-order valence-electron chi connectivity index (χ3n) is 7.25. The highest BCUT2D eigenvalue weighted by Gasteiger charge is 2.35. The Bertz CT molecular complexity index is 1580. The zero-order chi connectivity index (χ0) is 27.1. The molecule has 0 spiro atoms. The molecule has 0 saturated carbocycles. The van der Waals surface area contributed by atoms with E-state index in [1.54, 1.807) is 17.0 Å². The highest BCUT2D eigenvalue weighted by Crippen LogP contribution is 2.37. The maximum absolute atomic E-state index is 13.3. The van der Waals surface area contributed by atoms with Gasteiger partial charge in [0, 0.05) is 29.6 Å². The standard InChI is InChI=1S/C26H25FN4O2.CH4O3S/c27-19-7-5-18(6-8-19)26(33)10-12-31(13-11-26)25(32)16-4-9-22-21(14-16)20-3-1-2-17-15-28-30-23(17)24(20)29-22;1-5(2,3)4/h4-9,14-15,29,33H,1-3,10-13H2,(H,28,30);1H3,(H,2,3,4). The molecule has 0 atom stereocenters. The zero-order valence-electron chi connectivity index (χ0n) is 20.9. The smallest absolute Gasteiger partial charge is 0.261 e. The number of piperidine rings is 1. The van der Waals surface area contributed by atoms with E-state index in [-0.39, 0.29) is 11.7 Å². The molecule has 2 aromatic carbocycles. The van der Waals surface area contributed by atoms with E-state index in [2.05, 4.69) is 15.2 Å². The highest BCUT2D eigenvalue weighted by molar-refractivity contribution is 7.85. The predicted octanol–water partition coefficient (Wildman–Crippen LogP) is 3.81. The van der Waals surface area contributed by atoms with Gasteiger partial charge in [0.25, 0.3) is 16.0 Å².